The van der Waals surface area contributed by atoms with Gasteiger partial charge >= 0.3 is 0 Å². The number of carbonyl (C=O) groups is 1. The predicted molar refractivity (Wildman–Crippen MR) is 123 cm³/mol. The summed E-state index contributed by atoms with van der Waals surface area (Å²) in [5.74, 6) is -1.50. The number of carbonyl (C=O) groups excluding carboxylic acids is 1. The number of hydrogen-bond donors (Lipinski definition) is 0. The summed E-state index contributed by atoms with van der Waals surface area (Å²) in [6.07, 6.45) is 0.904. The van der Waals surface area contributed by atoms with Gasteiger partial charge in [0.2, 0.25) is 0 Å². The lowest BCUT2D eigenvalue weighted by molar-refractivity contribution is 0.0988. The standard InChI is InChI=1S/C25H27F2N5O/c1-16(2)14-32-29-25(28-30-32)31-12-11-17(3)21(15-31)19-9-7-18(8-10-19)13-23(33)20-5-4-6-22(26)24(20)27/h4-10,16H,11-15H2,1-3H3. The first-order valence-corrected chi connectivity index (χ1v) is 11.1. The third-order valence-corrected chi connectivity index (χ3v) is 5.79. The van der Waals surface area contributed by atoms with Crippen LogP contribution in [-0.2, 0) is 13.0 Å². The molecule has 6 nitrogen and oxygen atoms in total. The van der Waals surface area contributed by atoms with Crippen LogP contribution in [0.2, 0.25) is 0 Å². The van der Waals surface area contributed by atoms with Crippen molar-refractivity contribution < 1.29 is 13.6 Å². The monoisotopic (exact) mass is 451 g/mol. The first kappa shape index (κ1) is 22.8. The first-order chi connectivity index (χ1) is 15.8. The van der Waals surface area contributed by atoms with Crippen molar-refractivity contribution in [3.8, 4) is 0 Å². The average Bonchev–Trinajstić information content (AvgIpc) is 3.24. The molecule has 0 fully saturated rings. The van der Waals surface area contributed by atoms with Gasteiger partial charge in [0.15, 0.2) is 17.4 Å². The summed E-state index contributed by atoms with van der Waals surface area (Å²) in [5, 5.41) is 12.9. The molecule has 33 heavy (non-hydrogen) atoms. The fourth-order valence-corrected chi connectivity index (χ4v) is 3.96. The molecule has 0 amide bonds. The number of Topliss-reactive ketones (excluding diaryl/α,β-unsaturated/α-hetero) is 1. The molecule has 0 N–H and O–H groups in total. The topological polar surface area (TPSA) is 63.9 Å². The van der Waals surface area contributed by atoms with E-state index in [0.717, 1.165) is 36.7 Å². The van der Waals surface area contributed by atoms with Crippen LogP contribution in [0.25, 0.3) is 5.57 Å². The van der Waals surface area contributed by atoms with E-state index < -0.39 is 17.4 Å². The van der Waals surface area contributed by atoms with E-state index in [1.165, 1.54) is 23.3 Å². The number of rotatable bonds is 7. The molecule has 3 aromatic rings. The molecule has 0 aliphatic carbocycles. The Morgan fingerprint density at radius 3 is 2.61 bits per heavy atom. The smallest absolute Gasteiger partial charge is 0.266 e. The zero-order valence-electron chi connectivity index (χ0n) is 19.1. The Balaban J connectivity index is 1.47. The van der Waals surface area contributed by atoms with E-state index in [4.69, 9.17) is 0 Å². The maximum absolute atomic E-state index is 13.9. The SMILES string of the molecule is CC1=C(c2ccc(CC(=O)c3cccc(F)c3F)cc2)CN(c2nnn(CC(C)C)n2)CC1. The Morgan fingerprint density at radius 2 is 1.88 bits per heavy atom. The molecule has 0 spiro atoms. The third kappa shape index (κ3) is 5.16. The summed E-state index contributed by atoms with van der Waals surface area (Å²) in [6, 6.07) is 11.3. The van der Waals surface area contributed by atoms with Crippen molar-refractivity contribution in [1.82, 2.24) is 20.2 Å². The van der Waals surface area contributed by atoms with Crippen LogP contribution in [0, 0.1) is 17.6 Å². The van der Waals surface area contributed by atoms with Gasteiger partial charge in [0.05, 0.1) is 12.1 Å². The Hall–Kier alpha value is -3.42. The molecular weight excluding hydrogens is 424 g/mol. The number of tetrazole rings is 1. The Labute approximate surface area is 191 Å². The molecular formula is C25H27F2N5O. The van der Waals surface area contributed by atoms with Gasteiger partial charge in [-0.15, -0.1) is 5.10 Å². The lowest BCUT2D eigenvalue weighted by atomic mass is 9.93. The molecule has 1 aliphatic heterocycles. The second-order valence-electron chi connectivity index (χ2n) is 8.87. The number of hydrogen-bond acceptors (Lipinski definition) is 5. The molecule has 8 heteroatoms. The van der Waals surface area contributed by atoms with Crippen LogP contribution < -0.4 is 4.90 Å². The first-order valence-electron chi connectivity index (χ1n) is 11.1. The van der Waals surface area contributed by atoms with Gasteiger partial charge in [0.25, 0.3) is 5.95 Å². The van der Waals surface area contributed by atoms with E-state index in [-0.39, 0.29) is 12.0 Å². The van der Waals surface area contributed by atoms with Crippen LogP contribution in [0.1, 0.15) is 48.7 Å². The van der Waals surface area contributed by atoms with Gasteiger partial charge in [0, 0.05) is 19.5 Å². The van der Waals surface area contributed by atoms with Crippen LogP contribution in [0.3, 0.4) is 0 Å². The van der Waals surface area contributed by atoms with E-state index in [9.17, 15) is 13.6 Å². The zero-order chi connectivity index (χ0) is 23.5. The van der Waals surface area contributed by atoms with Gasteiger partial charge in [-0.2, -0.15) is 4.80 Å². The second-order valence-corrected chi connectivity index (χ2v) is 8.87. The number of benzene rings is 2. The molecule has 1 aliphatic rings. The molecule has 0 atom stereocenters. The van der Waals surface area contributed by atoms with Gasteiger partial charge < -0.3 is 4.90 Å². The minimum Gasteiger partial charge on any atom is -0.334 e. The van der Waals surface area contributed by atoms with E-state index in [1.54, 1.807) is 4.80 Å². The highest BCUT2D eigenvalue weighted by atomic mass is 19.2. The van der Waals surface area contributed by atoms with E-state index in [0.29, 0.717) is 18.4 Å². The number of anilines is 1. The lowest BCUT2D eigenvalue weighted by Crippen LogP contribution is -2.31. The van der Waals surface area contributed by atoms with E-state index in [1.807, 2.05) is 24.3 Å². The van der Waals surface area contributed by atoms with Gasteiger partial charge in [0.1, 0.15) is 0 Å². The number of aromatic nitrogens is 4. The minimum absolute atomic E-state index is 0.00762. The molecule has 0 saturated heterocycles. The third-order valence-electron chi connectivity index (χ3n) is 5.79. The van der Waals surface area contributed by atoms with Crippen molar-refractivity contribution in [3.63, 3.8) is 0 Å². The zero-order valence-corrected chi connectivity index (χ0v) is 19.1. The lowest BCUT2D eigenvalue weighted by Gasteiger charge is -2.29. The van der Waals surface area contributed by atoms with Crippen molar-refractivity contribution in [1.29, 1.82) is 0 Å². The van der Waals surface area contributed by atoms with Crippen LogP contribution in [0.5, 0.6) is 0 Å². The van der Waals surface area contributed by atoms with Crippen molar-refractivity contribution in [2.75, 3.05) is 18.0 Å². The van der Waals surface area contributed by atoms with Crippen LogP contribution in [0.15, 0.2) is 48.0 Å². The van der Waals surface area contributed by atoms with Crippen molar-refractivity contribution in [3.05, 3.63) is 76.4 Å². The van der Waals surface area contributed by atoms with E-state index >= 15 is 0 Å². The number of halogens is 2. The minimum atomic E-state index is -1.10. The second kappa shape index (κ2) is 9.60. The Kier molecular flexibility index (Phi) is 6.62. The molecule has 0 unspecified atom stereocenters. The highest BCUT2D eigenvalue weighted by Gasteiger charge is 2.22. The van der Waals surface area contributed by atoms with Crippen LogP contribution >= 0.6 is 0 Å². The van der Waals surface area contributed by atoms with Gasteiger partial charge in [-0.1, -0.05) is 54.9 Å². The normalized spacial score (nSPS) is 14.3. The maximum atomic E-state index is 13.9. The fourth-order valence-electron chi connectivity index (χ4n) is 3.96. The van der Waals surface area contributed by atoms with Gasteiger partial charge in [-0.25, -0.2) is 8.78 Å². The largest absolute Gasteiger partial charge is 0.334 e. The van der Waals surface area contributed by atoms with Crippen LogP contribution in [0.4, 0.5) is 14.7 Å². The molecule has 4 rings (SSSR count). The summed E-state index contributed by atoms with van der Waals surface area (Å²) >= 11 is 0. The summed E-state index contributed by atoms with van der Waals surface area (Å²) in [6.45, 7) is 8.57. The Morgan fingerprint density at radius 1 is 1.12 bits per heavy atom. The molecule has 2 aromatic carbocycles. The molecule has 2 heterocycles. The van der Waals surface area contributed by atoms with Gasteiger partial charge in [-0.3, -0.25) is 4.79 Å². The quantitative estimate of drug-likeness (QED) is 0.487. The number of nitrogens with zero attached hydrogens (tertiary/aromatic N) is 5. The summed E-state index contributed by atoms with van der Waals surface area (Å²) in [7, 11) is 0. The van der Waals surface area contributed by atoms with Crippen molar-refractivity contribution in [2.45, 2.75) is 40.2 Å². The van der Waals surface area contributed by atoms with E-state index in [2.05, 4.69) is 41.1 Å². The Bertz CT molecular complexity index is 1180. The molecule has 0 saturated carbocycles. The fraction of sp³-hybridized carbons (Fsp3) is 0.360. The summed E-state index contributed by atoms with van der Waals surface area (Å²) in [4.78, 5) is 16.2. The molecule has 0 bridgehead atoms. The van der Waals surface area contributed by atoms with Crippen molar-refractivity contribution in [2.24, 2.45) is 5.92 Å². The average molecular weight is 452 g/mol. The predicted octanol–water partition coefficient (Wildman–Crippen LogP) is 4.72. The van der Waals surface area contributed by atoms with Crippen LogP contribution in [-0.4, -0.2) is 39.1 Å². The molecule has 172 valence electrons. The highest BCUT2D eigenvalue weighted by Crippen LogP contribution is 2.28. The molecule has 0 radical (unpaired) electrons. The summed E-state index contributed by atoms with van der Waals surface area (Å²) < 4.78 is 27.4. The summed E-state index contributed by atoms with van der Waals surface area (Å²) in [5.41, 5.74) is 4.07. The molecule has 1 aromatic heterocycles. The maximum Gasteiger partial charge on any atom is 0.266 e. The number of ketones is 1. The van der Waals surface area contributed by atoms with Crippen molar-refractivity contribution >= 4 is 17.3 Å². The van der Waals surface area contributed by atoms with Gasteiger partial charge in [-0.05, 0) is 53.3 Å². The highest BCUT2D eigenvalue weighted by molar-refractivity contribution is 5.97.